The van der Waals surface area contributed by atoms with Crippen LogP contribution in [0.2, 0.25) is 0 Å². The molecule has 2 heterocycles. The molecule has 0 aliphatic rings. The van der Waals surface area contributed by atoms with E-state index < -0.39 is 0 Å². The van der Waals surface area contributed by atoms with Crippen molar-refractivity contribution in [2.24, 2.45) is 0 Å². The number of hydrogen-bond donors (Lipinski definition) is 1. The van der Waals surface area contributed by atoms with E-state index in [0.717, 1.165) is 11.4 Å². The number of furan rings is 1. The molecule has 0 saturated carbocycles. The molecular weight excluding hydrogens is 346 g/mol. The second-order valence-corrected chi connectivity index (χ2v) is 5.62. The van der Waals surface area contributed by atoms with Gasteiger partial charge in [-0.3, -0.25) is 4.79 Å². The molecule has 134 valence electrons. The first-order valence-electron chi connectivity index (χ1n) is 8.19. The van der Waals surface area contributed by atoms with Crippen molar-refractivity contribution in [1.29, 1.82) is 0 Å². The van der Waals surface area contributed by atoms with E-state index in [1.807, 2.05) is 30.3 Å². The standard InChI is InChI=1S/C19H15N5O3/c25-19(21-14-6-8-15(9-7-14)24-13-20-22-23-24)18-11-10-17(27-18)12-26-16-4-2-1-3-5-16/h1-11,13H,12H2,(H,21,25). The van der Waals surface area contributed by atoms with Gasteiger partial charge in [0.25, 0.3) is 5.91 Å². The maximum Gasteiger partial charge on any atom is 0.291 e. The molecule has 0 saturated heterocycles. The highest BCUT2D eigenvalue weighted by atomic mass is 16.5. The van der Waals surface area contributed by atoms with Crippen LogP contribution in [-0.2, 0) is 6.61 Å². The van der Waals surface area contributed by atoms with Gasteiger partial charge in [0.15, 0.2) is 5.76 Å². The summed E-state index contributed by atoms with van der Waals surface area (Å²) >= 11 is 0. The Kier molecular flexibility index (Phi) is 4.60. The second kappa shape index (κ2) is 7.52. The van der Waals surface area contributed by atoms with Crippen LogP contribution in [0.4, 0.5) is 5.69 Å². The highest BCUT2D eigenvalue weighted by Crippen LogP contribution is 2.16. The van der Waals surface area contributed by atoms with Gasteiger partial charge in [-0.05, 0) is 59.0 Å². The molecule has 4 rings (SSSR count). The topological polar surface area (TPSA) is 95.1 Å². The number of nitrogens with one attached hydrogen (secondary N) is 1. The summed E-state index contributed by atoms with van der Waals surface area (Å²) in [6, 6.07) is 19.9. The summed E-state index contributed by atoms with van der Waals surface area (Å²) in [7, 11) is 0. The molecule has 8 heteroatoms. The van der Waals surface area contributed by atoms with Crippen LogP contribution in [0, 0.1) is 0 Å². The molecule has 0 aliphatic heterocycles. The van der Waals surface area contributed by atoms with E-state index in [9.17, 15) is 4.79 Å². The smallest absolute Gasteiger partial charge is 0.291 e. The molecule has 0 aliphatic carbocycles. The summed E-state index contributed by atoms with van der Waals surface area (Å²) in [5, 5.41) is 13.8. The molecule has 0 radical (unpaired) electrons. The first kappa shape index (κ1) is 16.5. The predicted octanol–water partition coefficient (Wildman–Crippen LogP) is 3.09. The monoisotopic (exact) mass is 361 g/mol. The van der Waals surface area contributed by atoms with Gasteiger partial charge in [-0.2, -0.15) is 0 Å². The van der Waals surface area contributed by atoms with E-state index in [4.69, 9.17) is 9.15 Å². The van der Waals surface area contributed by atoms with Crippen LogP contribution >= 0.6 is 0 Å². The van der Waals surface area contributed by atoms with Gasteiger partial charge in [-0.25, -0.2) is 4.68 Å². The first-order valence-corrected chi connectivity index (χ1v) is 8.19. The SMILES string of the molecule is O=C(Nc1ccc(-n2cnnn2)cc1)c1ccc(COc2ccccc2)o1. The van der Waals surface area contributed by atoms with Crippen molar-refractivity contribution in [3.8, 4) is 11.4 Å². The van der Waals surface area contributed by atoms with Gasteiger partial charge < -0.3 is 14.5 Å². The maximum atomic E-state index is 12.3. The number of amides is 1. The fourth-order valence-electron chi connectivity index (χ4n) is 2.42. The number of tetrazole rings is 1. The number of anilines is 1. The van der Waals surface area contributed by atoms with Crippen molar-refractivity contribution < 1.29 is 13.9 Å². The van der Waals surface area contributed by atoms with E-state index in [-0.39, 0.29) is 18.3 Å². The number of ether oxygens (including phenoxy) is 1. The molecule has 0 fully saturated rings. The van der Waals surface area contributed by atoms with E-state index in [0.29, 0.717) is 11.4 Å². The molecular formula is C19H15N5O3. The minimum Gasteiger partial charge on any atom is -0.486 e. The lowest BCUT2D eigenvalue weighted by Gasteiger charge is -2.05. The Balaban J connectivity index is 1.36. The molecule has 27 heavy (non-hydrogen) atoms. The molecule has 2 aromatic carbocycles. The lowest BCUT2D eigenvalue weighted by molar-refractivity contribution is 0.0992. The van der Waals surface area contributed by atoms with Crippen LogP contribution in [0.5, 0.6) is 5.75 Å². The number of hydrogen-bond acceptors (Lipinski definition) is 6. The minimum absolute atomic E-state index is 0.214. The van der Waals surface area contributed by atoms with Gasteiger partial charge >= 0.3 is 0 Å². The summed E-state index contributed by atoms with van der Waals surface area (Å²) in [4.78, 5) is 12.3. The molecule has 0 spiro atoms. The number of carbonyl (C=O) groups excluding carboxylic acids is 1. The quantitative estimate of drug-likeness (QED) is 0.567. The highest BCUT2D eigenvalue weighted by Gasteiger charge is 2.12. The average Bonchev–Trinajstić information content (AvgIpc) is 3.40. The van der Waals surface area contributed by atoms with Gasteiger partial charge in [0.1, 0.15) is 24.4 Å². The lowest BCUT2D eigenvalue weighted by Crippen LogP contribution is -2.11. The minimum atomic E-state index is -0.337. The number of aromatic nitrogens is 4. The lowest BCUT2D eigenvalue weighted by atomic mass is 10.2. The first-order chi connectivity index (χ1) is 13.3. The zero-order valence-corrected chi connectivity index (χ0v) is 14.1. The van der Waals surface area contributed by atoms with Crippen molar-refractivity contribution >= 4 is 11.6 Å². The van der Waals surface area contributed by atoms with Crippen LogP contribution in [-0.4, -0.2) is 26.1 Å². The van der Waals surface area contributed by atoms with Crippen molar-refractivity contribution in [2.75, 3.05) is 5.32 Å². The van der Waals surface area contributed by atoms with Crippen molar-refractivity contribution in [3.63, 3.8) is 0 Å². The largest absolute Gasteiger partial charge is 0.486 e. The van der Waals surface area contributed by atoms with Gasteiger partial charge in [-0.1, -0.05) is 18.2 Å². The molecule has 1 amide bonds. The third-order valence-corrected chi connectivity index (χ3v) is 3.75. The van der Waals surface area contributed by atoms with Crippen LogP contribution < -0.4 is 10.1 Å². The normalized spacial score (nSPS) is 10.5. The fourth-order valence-corrected chi connectivity index (χ4v) is 2.42. The van der Waals surface area contributed by atoms with E-state index >= 15 is 0 Å². The molecule has 0 atom stereocenters. The summed E-state index contributed by atoms with van der Waals surface area (Å²) in [5.74, 6) is 1.18. The number of nitrogens with zero attached hydrogens (tertiary/aromatic N) is 4. The zero-order chi connectivity index (χ0) is 18.5. The molecule has 0 unspecified atom stereocenters. The Labute approximate surface area is 154 Å². The third-order valence-electron chi connectivity index (χ3n) is 3.75. The summed E-state index contributed by atoms with van der Waals surface area (Å²) in [5.41, 5.74) is 1.42. The maximum absolute atomic E-state index is 12.3. The van der Waals surface area contributed by atoms with Crippen LogP contribution in [0.15, 0.2) is 77.5 Å². The Morgan fingerprint density at radius 2 is 1.85 bits per heavy atom. The van der Waals surface area contributed by atoms with Crippen LogP contribution in [0.25, 0.3) is 5.69 Å². The van der Waals surface area contributed by atoms with Crippen LogP contribution in [0.3, 0.4) is 0 Å². The highest BCUT2D eigenvalue weighted by molar-refractivity contribution is 6.02. The fraction of sp³-hybridized carbons (Fsp3) is 0.0526. The average molecular weight is 361 g/mol. The Morgan fingerprint density at radius 3 is 2.59 bits per heavy atom. The zero-order valence-electron chi connectivity index (χ0n) is 14.1. The van der Waals surface area contributed by atoms with Crippen molar-refractivity contribution in [2.45, 2.75) is 6.61 Å². The Hall–Kier alpha value is -3.94. The third kappa shape index (κ3) is 4.01. The van der Waals surface area contributed by atoms with Crippen molar-refractivity contribution in [3.05, 3.63) is 84.6 Å². The second-order valence-electron chi connectivity index (χ2n) is 5.62. The van der Waals surface area contributed by atoms with E-state index in [1.165, 1.54) is 11.0 Å². The molecule has 0 bridgehead atoms. The molecule has 1 N–H and O–H groups in total. The number of rotatable bonds is 6. The number of carbonyl (C=O) groups is 1. The summed E-state index contributed by atoms with van der Waals surface area (Å²) < 4.78 is 12.7. The molecule has 4 aromatic rings. The van der Waals surface area contributed by atoms with Crippen LogP contribution in [0.1, 0.15) is 16.3 Å². The Bertz CT molecular complexity index is 1010. The summed E-state index contributed by atoms with van der Waals surface area (Å²) in [6.07, 6.45) is 1.50. The van der Waals surface area contributed by atoms with Gasteiger partial charge in [-0.15, -0.1) is 5.10 Å². The van der Waals surface area contributed by atoms with Gasteiger partial charge in [0, 0.05) is 5.69 Å². The van der Waals surface area contributed by atoms with E-state index in [1.54, 1.807) is 36.4 Å². The molecule has 2 aromatic heterocycles. The van der Waals surface area contributed by atoms with E-state index in [2.05, 4.69) is 20.8 Å². The molecule has 8 nitrogen and oxygen atoms in total. The van der Waals surface area contributed by atoms with Crippen molar-refractivity contribution in [1.82, 2.24) is 20.2 Å². The van der Waals surface area contributed by atoms with Gasteiger partial charge in [0.05, 0.1) is 5.69 Å². The summed E-state index contributed by atoms with van der Waals surface area (Å²) in [6.45, 7) is 0.248. The number of para-hydroxylation sites is 1. The van der Waals surface area contributed by atoms with Gasteiger partial charge in [0.2, 0.25) is 0 Å². The number of benzene rings is 2. The predicted molar refractivity (Wildman–Crippen MR) is 96.6 cm³/mol. The Morgan fingerprint density at radius 1 is 1.04 bits per heavy atom.